The topological polar surface area (TPSA) is 26.3 Å². The SMILES string of the molecule is COc1ccc(CC(=O)S)c2ccccc12. The molecule has 0 atom stereocenters. The fourth-order valence-corrected chi connectivity index (χ4v) is 2.00. The second-order valence-electron chi connectivity index (χ2n) is 3.54. The van der Waals surface area contributed by atoms with E-state index in [-0.39, 0.29) is 5.12 Å². The van der Waals surface area contributed by atoms with Gasteiger partial charge in [-0.25, -0.2) is 0 Å². The van der Waals surface area contributed by atoms with E-state index in [0.717, 1.165) is 22.1 Å². The molecule has 0 amide bonds. The van der Waals surface area contributed by atoms with Gasteiger partial charge in [0.2, 0.25) is 0 Å². The summed E-state index contributed by atoms with van der Waals surface area (Å²) in [6, 6.07) is 11.7. The molecule has 0 heterocycles. The number of fused-ring (bicyclic) bond motifs is 1. The minimum absolute atomic E-state index is 0.129. The fraction of sp³-hybridized carbons (Fsp3) is 0.154. The number of thiol groups is 1. The molecule has 2 aromatic rings. The quantitative estimate of drug-likeness (QED) is 0.824. The van der Waals surface area contributed by atoms with E-state index in [2.05, 4.69) is 12.6 Å². The molecule has 2 aromatic carbocycles. The summed E-state index contributed by atoms with van der Waals surface area (Å²) < 4.78 is 5.28. The Morgan fingerprint density at radius 3 is 2.50 bits per heavy atom. The molecule has 0 saturated heterocycles. The molecular weight excluding hydrogens is 220 g/mol. The highest BCUT2D eigenvalue weighted by Gasteiger charge is 2.07. The molecule has 2 nitrogen and oxygen atoms in total. The summed E-state index contributed by atoms with van der Waals surface area (Å²) in [5.74, 6) is 0.825. The third kappa shape index (κ3) is 2.04. The third-order valence-corrected chi connectivity index (χ3v) is 2.69. The number of carbonyl (C=O) groups excluding carboxylic acids is 1. The fourth-order valence-electron chi connectivity index (χ4n) is 1.83. The second-order valence-corrected chi connectivity index (χ2v) is 4.04. The van der Waals surface area contributed by atoms with Crippen LogP contribution < -0.4 is 4.74 Å². The summed E-state index contributed by atoms with van der Waals surface area (Å²) in [4.78, 5) is 11.0. The average molecular weight is 232 g/mol. The number of hydrogen-bond acceptors (Lipinski definition) is 2. The summed E-state index contributed by atoms with van der Waals surface area (Å²) in [7, 11) is 1.64. The van der Waals surface area contributed by atoms with Crippen LogP contribution in [0.1, 0.15) is 5.56 Å². The van der Waals surface area contributed by atoms with Crippen LogP contribution in [-0.4, -0.2) is 12.2 Å². The molecule has 0 fully saturated rings. The van der Waals surface area contributed by atoms with Gasteiger partial charge in [0, 0.05) is 11.8 Å². The van der Waals surface area contributed by atoms with Crippen molar-refractivity contribution in [2.45, 2.75) is 6.42 Å². The Morgan fingerprint density at radius 1 is 1.19 bits per heavy atom. The van der Waals surface area contributed by atoms with Crippen LogP contribution in [0.25, 0.3) is 10.8 Å². The van der Waals surface area contributed by atoms with Crippen LogP contribution in [0.15, 0.2) is 36.4 Å². The Morgan fingerprint density at radius 2 is 1.88 bits per heavy atom. The van der Waals surface area contributed by atoms with E-state index in [0.29, 0.717) is 6.42 Å². The molecule has 0 radical (unpaired) electrons. The highest BCUT2D eigenvalue weighted by molar-refractivity contribution is 7.96. The highest BCUT2D eigenvalue weighted by Crippen LogP contribution is 2.28. The highest BCUT2D eigenvalue weighted by atomic mass is 32.1. The van der Waals surface area contributed by atoms with E-state index in [1.807, 2.05) is 36.4 Å². The summed E-state index contributed by atoms with van der Waals surface area (Å²) in [5.41, 5.74) is 0.983. The number of hydrogen-bond donors (Lipinski definition) is 1. The first kappa shape index (κ1) is 11.0. The van der Waals surface area contributed by atoms with Crippen LogP contribution in [-0.2, 0) is 11.2 Å². The van der Waals surface area contributed by atoms with Gasteiger partial charge in [0.15, 0.2) is 5.12 Å². The average Bonchev–Trinajstić information content (AvgIpc) is 2.29. The molecule has 0 spiro atoms. The van der Waals surface area contributed by atoms with Gasteiger partial charge in [0.05, 0.1) is 7.11 Å². The van der Waals surface area contributed by atoms with E-state index in [1.54, 1.807) is 7.11 Å². The largest absolute Gasteiger partial charge is 0.496 e. The van der Waals surface area contributed by atoms with E-state index >= 15 is 0 Å². The smallest absolute Gasteiger partial charge is 0.190 e. The van der Waals surface area contributed by atoms with Gasteiger partial charge in [-0.1, -0.05) is 30.3 Å². The summed E-state index contributed by atoms with van der Waals surface area (Å²) >= 11 is 3.81. The molecular formula is C13H12O2S. The van der Waals surface area contributed by atoms with Crippen molar-refractivity contribution in [3.8, 4) is 5.75 Å². The lowest BCUT2D eigenvalue weighted by Crippen LogP contribution is -1.96. The Balaban J connectivity index is 2.64. The Labute approximate surface area is 99.6 Å². The normalized spacial score (nSPS) is 10.4. The summed E-state index contributed by atoms with van der Waals surface area (Å²) in [5, 5.41) is 1.94. The lowest BCUT2D eigenvalue weighted by atomic mass is 10.0. The second kappa shape index (κ2) is 4.58. The molecule has 0 N–H and O–H groups in total. The predicted octanol–water partition coefficient (Wildman–Crippen LogP) is 2.85. The number of rotatable bonds is 3. The van der Waals surface area contributed by atoms with Crippen molar-refractivity contribution in [1.82, 2.24) is 0 Å². The van der Waals surface area contributed by atoms with Gasteiger partial charge in [-0.2, -0.15) is 0 Å². The van der Waals surface area contributed by atoms with Gasteiger partial charge in [-0.3, -0.25) is 4.79 Å². The van der Waals surface area contributed by atoms with Crippen LogP contribution in [0, 0.1) is 0 Å². The first-order chi connectivity index (χ1) is 7.72. The summed E-state index contributed by atoms with van der Waals surface area (Å²) in [6.45, 7) is 0. The van der Waals surface area contributed by atoms with Crippen LogP contribution in [0.5, 0.6) is 5.75 Å². The maximum atomic E-state index is 11.0. The predicted molar refractivity (Wildman–Crippen MR) is 68.2 cm³/mol. The molecule has 0 aliphatic carbocycles. The van der Waals surface area contributed by atoms with E-state index < -0.39 is 0 Å². The molecule has 0 aliphatic heterocycles. The van der Waals surface area contributed by atoms with E-state index in [4.69, 9.17) is 4.74 Å². The third-order valence-electron chi connectivity index (χ3n) is 2.54. The van der Waals surface area contributed by atoms with Gasteiger partial charge in [0.1, 0.15) is 5.75 Å². The lowest BCUT2D eigenvalue weighted by molar-refractivity contribution is -0.110. The van der Waals surface area contributed by atoms with Crippen LogP contribution in [0.3, 0.4) is 0 Å². The van der Waals surface area contributed by atoms with Gasteiger partial charge in [0.25, 0.3) is 0 Å². The van der Waals surface area contributed by atoms with Crippen LogP contribution >= 0.6 is 12.6 Å². The van der Waals surface area contributed by atoms with Crippen LogP contribution in [0.2, 0.25) is 0 Å². The molecule has 0 unspecified atom stereocenters. The van der Waals surface area contributed by atoms with Crippen molar-refractivity contribution in [3.05, 3.63) is 42.0 Å². The van der Waals surface area contributed by atoms with Crippen LogP contribution in [0.4, 0.5) is 0 Å². The number of benzene rings is 2. The number of ether oxygens (including phenoxy) is 1. The van der Waals surface area contributed by atoms with E-state index in [9.17, 15) is 4.79 Å². The van der Waals surface area contributed by atoms with Crippen molar-refractivity contribution in [2.24, 2.45) is 0 Å². The zero-order valence-corrected chi connectivity index (χ0v) is 9.83. The number of methoxy groups -OCH3 is 1. The first-order valence-electron chi connectivity index (χ1n) is 4.99. The zero-order chi connectivity index (χ0) is 11.5. The maximum absolute atomic E-state index is 11.0. The van der Waals surface area contributed by atoms with Gasteiger partial charge in [-0.05, 0) is 17.0 Å². The first-order valence-corrected chi connectivity index (χ1v) is 5.43. The minimum Gasteiger partial charge on any atom is -0.496 e. The van der Waals surface area contributed by atoms with Gasteiger partial charge < -0.3 is 4.74 Å². The van der Waals surface area contributed by atoms with E-state index in [1.165, 1.54) is 0 Å². The lowest BCUT2D eigenvalue weighted by Gasteiger charge is -2.08. The van der Waals surface area contributed by atoms with Crippen molar-refractivity contribution in [2.75, 3.05) is 7.11 Å². The standard InChI is InChI=1S/C13H12O2S/c1-15-12-7-6-9(8-13(14)16)10-4-2-3-5-11(10)12/h2-7H,8H2,1H3,(H,14,16). The molecule has 0 aliphatic rings. The molecule has 0 bridgehead atoms. The molecule has 82 valence electrons. The van der Waals surface area contributed by atoms with Crippen molar-refractivity contribution in [1.29, 1.82) is 0 Å². The Hall–Kier alpha value is -1.48. The number of carbonyl (C=O) groups is 1. The Bertz CT molecular complexity index is 534. The summed E-state index contributed by atoms with van der Waals surface area (Å²) in [6.07, 6.45) is 0.341. The maximum Gasteiger partial charge on any atom is 0.190 e. The van der Waals surface area contributed by atoms with Crippen molar-refractivity contribution in [3.63, 3.8) is 0 Å². The molecule has 16 heavy (non-hydrogen) atoms. The minimum atomic E-state index is -0.129. The monoisotopic (exact) mass is 232 g/mol. The molecule has 3 heteroatoms. The molecule has 0 saturated carbocycles. The van der Waals surface area contributed by atoms with Gasteiger partial charge in [-0.15, -0.1) is 12.6 Å². The van der Waals surface area contributed by atoms with Crippen molar-refractivity contribution < 1.29 is 9.53 Å². The molecule has 2 rings (SSSR count). The molecule has 0 aromatic heterocycles. The zero-order valence-electron chi connectivity index (χ0n) is 8.93. The van der Waals surface area contributed by atoms with Gasteiger partial charge >= 0.3 is 0 Å². The Kier molecular flexibility index (Phi) is 3.15. The van der Waals surface area contributed by atoms with Crippen molar-refractivity contribution >= 4 is 28.5 Å².